The zero-order chi connectivity index (χ0) is 96.9. The molecule has 718 valence electrons. The van der Waals surface area contributed by atoms with Gasteiger partial charge in [-0.05, 0) is 96.3 Å². The van der Waals surface area contributed by atoms with Crippen molar-refractivity contribution >= 4 is 118 Å². The molecule has 0 aliphatic carbocycles. The number of halogens is 3. The summed E-state index contributed by atoms with van der Waals surface area (Å²) in [5.74, 6) is -22.7. The number of fused-ring (bicyclic) bond motifs is 3. The third kappa shape index (κ3) is 28.7. The van der Waals surface area contributed by atoms with Crippen molar-refractivity contribution in [3.05, 3.63) is 173 Å². The standard InChI is InChI=1S/C91H117F3N18O20S/c1-7-8-25-70-90(130)112-46-58(116)42-72(112)85(125)105-68(47-132-50-114)83(123)107-78(51(2)3)91(131)109(5)71(39-52-18-11-9-12-19-52)84(124)102-64(24-17-31-95)88(128)111-33-32-97-44-74(111)86(126)104-66(41-56-43-98-62-23-16-15-22-59(56)62)82(122)103-65(37-54-26-28-57(115)29-27-54)81(121)101-63(30-34-113)80(120)106-69(79(119)99-45-75(96)117)48-133-49-76(118)100-67(38-55-35-60(92)77(94)61(93)36-55)87(127)110(6)73(89(129)108(70)4)40-53-20-13-10-14-21-53/h9-16,18-23,26-29,35-36,43,50-51,58,63-74,78,97-98,113,115-116H,7-8,17,24-25,30-34,37-42,44-49,95H2,1-6H3,(H2,96,117)(H,99,119)(H,100,118)(H,101,121)(H,102,124)(H,103,122)(H,104,126)(H,105,125)(H,106,120)(H,107,123)/t58-,63+,64+,65+,66+,67+,68+,69+,70+,71+,72-,73+,74-,78+/m1/s1. The van der Waals surface area contributed by atoms with E-state index in [-0.39, 0.29) is 88.9 Å². The number of unbranched alkanes of at least 4 members (excludes halogenated alkanes) is 1. The van der Waals surface area contributed by atoms with Crippen LogP contribution in [0.1, 0.15) is 93.5 Å². The number of piperazine rings is 1. The van der Waals surface area contributed by atoms with Crippen molar-refractivity contribution in [2.45, 2.75) is 182 Å². The second-order valence-electron chi connectivity index (χ2n) is 33.4. The number of ether oxygens (including phenoxy) is 1. The van der Waals surface area contributed by atoms with E-state index < -0.39 is 260 Å². The number of primary amides is 1. The van der Waals surface area contributed by atoms with Crippen molar-refractivity contribution in [1.29, 1.82) is 0 Å². The van der Waals surface area contributed by atoms with Gasteiger partial charge in [0, 0.05) is 115 Å². The van der Waals surface area contributed by atoms with Crippen molar-refractivity contribution in [1.82, 2.24) is 82.7 Å². The predicted molar refractivity (Wildman–Crippen MR) is 480 cm³/mol. The maximum atomic E-state index is 15.7. The fourth-order valence-electron chi connectivity index (χ4n) is 16.0. The number of H-pyrrole nitrogens is 1. The van der Waals surface area contributed by atoms with Crippen LogP contribution in [0.15, 0.2) is 128 Å². The number of aromatic hydroxyl groups is 1. The van der Waals surface area contributed by atoms with E-state index >= 15 is 51.9 Å². The van der Waals surface area contributed by atoms with Crippen LogP contribution in [0, 0.1) is 23.4 Å². The molecular formula is C91H117F3N18O20S. The first-order valence-electron chi connectivity index (χ1n) is 43.8. The number of hydrogen-bond donors (Lipinski definition) is 16. The highest BCUT2D eigenvalue weighted by molar-refractivity contribution is 8.00. The number of aromatic nitrogens is 1. The molecule has 0 bridgehead atoms. The summed E-state index contributed by atoms with van der Waals surface area (Å²) in [6, 6.07) is 8.66. The largest absolute Gasteiger partial charge is 0.508 e. The minimum atomic E-state index is -1.91. The van der Waals surface area contributed by atoms with E-state index in [1.54, 1.807) is 112 Å². The molecule has 3 aliphatic rings. The number of nitrogens with zero attached hydrogens (tertiary/aromatic N) is 5. The molecular weight excluding hydrogens is 1750 g/mol. The topological polar surface area (TPSA) is 547 Å². The van der Waals surface area contributed by atoms with E-state index in [0.717, 1.165) is 26.6 Å². The van der Waals surface area contributed by atoms with Crippen molar-refractivity contribution in [2.75, 3.05) is 85.1 Å². The minimum absolute atomic E-state index is 0.000469. The summed E-state index contributed by atoms with van der Waals surface area (Å²) in [6.07, 6.45) is -2.35. The molecule has 14 atom stereocenters. The zero-order valence-corrected chi connectivity index (χ0v) is 75.4. The Labute approximate surface area is 770 Å². The monoisotopic (exact) mass is 1870 g/mol. The van der Waals surface area contributed by atoms with Crippen LogP contribution in [0.4, 0.5) is 13.2 Å². The molecule has 15 amide bonds. The van der Waals surface area contributed by atoms with Gasteiger partial charge in [0.05, 0.1) is 18.4 Å². The number of phenolic OH excluding ortho intramolecular Hbond substituents is 1. The van der Waals surface area contributed by atoms with E-state index in [0.29, 0.717) is 63.5 Å². The van der Waals surface area contributed by atoms with Crippen molar-refractivity contribution in [2.24, 2.45) is 17.4 Å². The van der Waals surface area contributed by atoms with Gasteiger partial charge in [0.1, 0.15) is 90.9 Å². The molecule has 0 saturated carbocycles. The molecule has 42 heteroatoms. The average molecular weight is 1870 g/mol. The number of amides is 15. The van der Waals surface area contributed by atoms with Gasteiger partial charge in [0.15, 0.2) is 17.5 Å². The summed E-state index contributed by atoms with van der Waals surface area (Å²) in [5.41, 5.74) is 13.5. The van der Waals surface area contributed by atoms with Gasteiger partial charge in [0.25, 0.3) is 6.47 Å². The van der Waals surface area contributed by atoms with Gasteiger partial charge in [0.2, 0.25) is 88.6 Å². The van der Waals surface area contributed by atoms with E-state index in [9.17, 15) is 53.3 Å². The molecule has 18 N–H and O–H groups in total. The Hall–Kier alpha value is -13.1. The number of aromatic amines is 1. The van der Waals surface area contributed by atoms with Crippen LogP contribution in [-0.4, -0.2) is 310 Å². The van der Waals surface area contributed by atoms with Gasteiger partial charge in [-0.3, -0.25) is 76.7 Å². The summed E-state index contributed by atoms with van der Waals surface area (Å²) < 4.78 is 50.1. The first-order valence-corrected chi connectivity index (χ1v) is 45.0. The van der Waals surface area contributed by atoms with E-state index in [1.165, 1.54) is 43.3 Å². The molecule has 0 radical (unpaired) electrons. The maximum absolute atomic E-state index is 15.7. The van der Waals surface area contributed by atoms with Gasteiger partial charge in [-0.15, -0.1) is 11.8 Å². The Morgan fingerprint density at radius 3 is 1.77 bits per heavy atom. The number of benzene rings is 5. The summed E-state index contributed by atoms with van der Waals surface area (Å²) in [5, 5.41) is 59.3. The fourth-order valence-corrected chi connectivity index (χ4v) is 16.9. The first-order chi connectivity index (χ1) is 63.5. The zero-order valence-electron chi connectivity index (χ0n) is 74.6. The van der Waals surface area contributed by atoms with Crippen LogP contribution in [0.25, 0.3) is 10.9 Å². The van der Waals surface area contributed by atoms with E-state index in [4.69, 9.17) is 16.2 Å². The molecule has 4 heterocycles. The average Bonchev–Trinajstić information content (AvgIpc) is 1.50. The number of nitrogens with two attached hydrogens (primary N) is 2. The first kappa shape index (κ1) is 104. The van der Waals surface area contributed by atoms with Crippen LogP contribution in [0.2, 0.25) is 0 Å². The van der Waals surface area contributed by atoms with Crippen LogP contribution in [0.5, 0.6) is 5.75 Å². The molecule has 3 saturated heterocycles. The number of carbonyl (C=O) groups excluding carboxylic acids is 16. The van der Waals surface area contributed by atoms with Crippen LogP contribution in [0.3, 0.4) is 0 Å². The quantitative estimate of drug-likeness (QED) is 0.0227. The van der Waals surface area contributed by atoms with Crippen LogP contribution >= 0.6 is 11.8 Å². The lowest BCUT2D eigenvalue weighted by atomic mass is 9.98. The lowest BCUT2D eigenvalue weighted by molar-refractivity contribution is -0.152. The number of thioether (sulfide) groups is 1. The van der Waals surface area contributed by atoms with E-state index in [1.807, 2.05) is 0 Å². The van der Waals surface area contributed by atoms with Crippen molar-refractivity contribution < 1.29 is 110 Å². The number of likely N-dealkylation sites (N-methyl/N-ethyl adjacent to an activating group) is 3. The fraction of sp³-hybridized carbons (Fsp3) is 0.473. The van der Waals surface area contributed by atoms with Crippen molar-refractivity contribution in [3.63, 3.8) is 0 Å². The van der Waals surface area contributed by atoms with Crippen molar-refractivity contribution in [3.8, 4) is 5.75 Å². The van der Waals surface area contributed by atoms with Gasteiger partial charge in [-0.25, -0.2) is 13.2 Å². The maximum Gasteiger partial charge on any atom is 0.293 e. The number of rotatable bonds is 25. The molecule has 5 aromatic carbocycles. The normalized spacial score (nSPS) is 24.2. The number of aliphatic hydroxyl groups is 2. The Kier molecular flexibility index (Phi) is 39.0. The number of nitrogens with one attached hydrogen (secondary N) is 11. The second kappa shape index (κ2) is 50.0. The highest BCUT2D eigenvalue weighted by Gasteiger charge is 2.47. The molecule has 3 aliphatic heterocycles. The third-order valence-electron chi connectivity index (χ3n) is 23.4. The predicted octanol–water partition coefficient (Wildman–Crippen LogP) is -1.59. The van der Waals surface area contributed by atoms with Gasteiger partial charge in [-0.2, -0.15) is 0 Å². The van der Waals surface area contributed by atoms with Crippen LogP contribution in [-0.2, 0) is 114 Å². The summed E-state index contributed by atoms with van der Waals surface area (Å²) in [7, 11) is 3.70. The Morgan fingerprint density at radius 1 is 0.579 bits per heavy atom. The molecule has 9 rings (SSSR count). The SMILES string of the molecule is CCCC[C@H]1C(=O)N2C[C@H](O)C[C@@H]2C(=O)N[C@@H](COC=O)C(=O)N[C@@H](C(C)C)C(=O)N(C)[C@@H](Cc2ccccc2)C(=O)N[C@@H](CCCN)C(=O)N2CCNC[C@@H]2C(=O)N[C@@H](Cc2c[nH]c3ccccc23)C(=O)N[C@@H](Cc2ccc(O)cc2)C(=O)N[C@@H](CCO)C(=O)N[C@H](C(=O)NCC(N)=O)CSCC(=O)N[C@@H](Cc2cc(F)c(F)c(F)c2)C(=O)N(C)[C@@H](Cc2ccccc2)C(=O)N1C. The Balaban J connectivity index is 1.13. The highest BCUT2D eigenvalue weighted by Crippen LogP contribution is 2.28. The molecule has 133 heavy (non-hydrogen) atoms. The number of hydrogen-bond acceptors (Lipinski definition) is 23. The molecule has 0 spiro atoms. The molecule has 0 unspecified atom stereocenters. The van der Waals surface area contributed by atoms with Gasteiger partial charge in [-0.1, -0.05) is 125 Å². The number of para-hydroxylation sites is 1. The number of phenols is 1. The minimum Gasteiger partial charge on any atom is -0.508 e. The van der Waals surface area contributed by atoms with Gasteiger partial charge < -0.3 is 114 Å². The Morgan fingerprint density at radius 2 is 1.14 bits per heavy atom. The molecule has 3 fully saturated rings. The smallest absolute Gasteiger partial charge is 0.293 e. The lowest BCUT2D eigenvalue weighted by Gasteiger charge is -2.38. The second-order valence-corrected chi connectivity index (χ2v) is 34.4. The van der Waals surface area contributed by atoms with Gasteiger partial charge >= 0.3 is 0 Å². The highest BCUT2D eigenvalue weighted by atomic mass is 32.2. The molecule has 6 aromatic rings. The lowest BCUT2D eigenvalue weighted by Crippen LogP contribution is -2.65. The molecule has 38 nitrogen and oxygen atoms in total. The van der Waals surface area contributed by atoms with E-state index in [2.05, 4.69) is 58.2 Å². The summed E-state index contributed by atoms with van der Waals surface area (Å²) >= 11 is 0.621. The Bertz CT molecular complexity index is 5080. The number of aliphatic hydroxyl groups excluding tert-OH is 2. The molecule has 1 aromatic heterocycles. The number of carbonyl (C=O) groups is 16. The van der Waals surface area contributed by atoms with Crippen LogP contribution < -0.4 is 64.6 Å². The summed E-state index contributed by atoms with van der Waals surface area (Å²) in [4.78, 5) is 245. The third-order valence-corrected chi connectivity index (χ3v) is 24.4. The summed E-state index contributed by atoms with van der Waals surface area (Å²) in [6.45, 7) is 1.59.